The first-order valence-electron chi connectivity index (χ1n) is 5.16. The topological polar surface area (TPSA) is 9.23 Å². The Morgan fingerprint density at radius 2 is 1.86 bits per heavy atom. The highest BCUT2D eigenvalue weighted by atomic mass is 16.5. The summed E-state index contributed by atoms with van der Waals surface area (Å²) in [6.45, 7) is 0. The number of methoxy groups -OCH3 is 1. The molecule has 0 spiro atoms. The van der Waals surface area contributed by atoms with Crippen molar-refractivity contribution >= 4 is 0 Å². The Hall–Kier alpha value is -1.08. The quantitative estimate of drug-likeness (QED) is 0.648. The molecular weight excluding hydrogens is 172 g/mol. The summed E-state index contributed by atoms with van der Waals surface area (Å²) in [6, 6.07) is 10.7. The first-order chi connectivity index (χ1) is 6.90. The summed E-state index contributed by atoms with van der Waals surface area (Å²) in [6.07, 6.45) is 7.11. The summed E-state index contributed by atoms with van der Waals surface area (Å²) in [4.78, 5) is 0. The van der Waals surface area contributed by atoms with Gasteiger partial charge in [0.1, 0.15) is 0 Å². The lowest BCUT2D eigenvalue weighted by Gasteiger charge is -2.22. The van der Waals surface area contributed by atoms with E-state index < -0.39 is 0 Å². The normalized spacial score (nSPS) is 26.4. The van der Waals surface area contributed by atoms with Gasteiger partial charge in [0.05, 0.1) is 6.10 Å². The molecule has 1 nitrogen and oxygen atoms in total. The van der Waals surface area contributed by atoms with E-state index in [-0.39, 0.29) is 0 Å². The first-order valence-corrected chi connectivity index (χ1v) is 5.16. The molecule has 14 heavy (non-hydrogen) atoms. The summed E-state index contributed by atoms with van der Waals surface area (Å²) in [5.41, 5.74) is 1.42. The van der Waals surface area contributed by atoms with Gasteiger partial charge in [-0.05, 0) is 18.4 Å². The molecule has 0 fully saturated rings. The van der Waals surface area contributed by atoms with Crippen LogP contribution in [-0.2, 0) is 4.74 Å². The molecule has 0 saturated carbocycles. The standard InChI is InChI=1S/C13H16O/c1-14-13-9-7-12(8-10-13)11-5-3-2-4-6-11/h2-7,9,12-13H,8,10H2,1H3/t12-,13-/m1/s1. The van der Waals surface area contributed by atoms with Crippen molar-refractivity contribution in [1.29, 1.82) is 0 Å². The predicted molar refractivity (Wildman–Crippen MR) is 58.4 cm³/mol. The SMILES string of the molecule is CO[C@@H]1C=C[C@@H](c2ccccc2)CC1. The Bertz CT molecular complexity index is 302. The van der Waals surface area contributed by atoms with Gasteiger partial charge >= 0.3 is 0 Å². The van der Waals surface area contributed by atoms with E-state index in [2.05, 4.69) is 42.5 Å². The highest BCUT2D eigenvalue weighted by Gasteiger charge is 2.15. The van der Waals surface area contributed by atoms with Crippen LogP contribution in [0.3, 0.4) is 0 Å². The lowest BCUT2D eigenvalue weighted by Crippen LogP contribution is -2.13. The predicted octanol–water partition coefficient (Wildman–Crippen LogP) is 3.14. The van der Waals surface area contributed by atoms with Gasteiger partial charge in [-0.2, -0.15) is 0 Å². The van der Waals surface area contributed by atoms with Gasteiger partial charge in [-0.15, -0.1) is 0 Å². The summed E-state index contributed by atoms with van der Waals surface area (Å²) in [7, 11) is 1.78. The Labute approximate surface area is 85.4 Å². The van der Waals surface area contributed by atoms with Gasteiger partial charge < -0.3 is 4.74 Å². The minimum atomic E-state index is 0.329. The number of allylic oxidation sites excluding steroid dienone is 1. The second-order valence-corrected chi connectivity index (χ2v) is 3.75. The molecule has 74 valence electrons. The van der Waals surface area contributed by atoms with Gasteiger partial charge in [0.2, 0.25) is 0 Å². The van der Waals surface area contributed by atoms with Crippen molar-refractivity contribution in [3.63, 3.8) is 0 Å². The Morgan fingerprint density at radius 1 is 1.07 bits per heavy atom. The van der Waals surface area contributed by atoms with Crippen LogP contribution < -0.4 is 0 Å². The third-order valence-corrected chi connectivity index (χ3v) is 2.85. The van der Waals surface area contributed by atoms with E-state index in [1.54, 1.807) is 7.11 Å². The maximum Gasteiger partial charge on any atom is 0.0752 e. The van der Waals surface area contributed by atoms with E-state index in [4.69, 9.17) is 4.74 Å². The van der Waals surface area contributed by atoms with Gasteiger partial charge in [0.15, 0.2) is 0 Å². The molecule has 1 aliphatic rings. The fourth-order valence-electron chi connectivity index (χ4n) is 1.97. The van der Waals surface area contributed by atoms with Crippen molar-refractivity contribution < 1.29 is 4.74 Å². The van der Waals surface area contributed by atoms with Crippen LogP contribution in [0, 0.1) is 0 Å². The van der Waals surface area contributed by atoms with E-state index in [9.17, 15) is 0 Å². The zero-order valence-electron chi connectivity index (χ0n) is 8.52. The maximum atomic E-state index is 5.29. The fourth-order valence-corrected chi connectivity index (χ4v) is 1.97. The van der Waals surface area contributed by atoms with E-state index in [0.29, 0.717) is 12.0 Å². The van der Waals surface area contributed by atoms with Crippen LogP contribution in [0.25, 0.3) is 0 Å². The molecule has 0 unspecified atom stereocenters. The van der Waals surface area contributed by atoms with E-state index in [1.165, 1.54) is 12.0 Å². The van der Waals surface area contributed by atoms with Crippen molar-refractivity contribution in [3.8, 4) is 0 Å². The van der Waals surface area contributed by atoms with Gasteiger partial charge in [-0.1, -0.05) is 42.5 Å². The van der Waals surface area contributed by atoms with Gasteiger partial charge in [0.25, 0.3) is 0 Å². The average molecular weight is 188 g/mol. The molecule has 1 heteroatoms. The van der Waals surface area contributed by atoms with Crippen molar-refractivity contribution in [1.82, 2.24) is 0 Å². The first kappa shape index (κ1) is 9.47. The van der Waals surface area contributed by atoms with Crippen LogP contribution in [0.15, 0.2) is 42.5 Å². The molecular formula is C13H16O. The summed E-state index contributed by atoms with van der Waals surface area (Å²) in [5.74, 6) is 0.586. The number of hydrogen-bond acceptors (Lipinski definition) is 1. The lowest BCUT2D eigenvalue weighted by molar-refractivity contribution is 0.126. The largest absolute Gasteiger partial charge is 0.377 e. The van der Waals surface area contributed by atoms with Crippen LogP contribution >= 0.6 is 0 Å². The van der Waals surface area contributed by atoms with Crippen LogP contribution in [-0.4, -0.2) is 13.2 Å². The molecule has 1 aromatic carbocycles. The Balaban J connectivity index is 2.08. The van der Waals surface area contributed by atoms with E-state index >= 15 is 0 Å². The molecule has 0 bridgehead atoms. The molecule has 0 heterocycles. The maximum absolute atomic E-state index is 5.29. The Kier molecular flexibility index (Phi) is 3.00. The summed E-state index contributed by atoms with van der Waals surface area (Å²) < 4.78 is 5.29. The molecule has 1 aromatic rings. The number of hydrogen-bond donors (Lipinski definition) is 0. The molecule has 0 saturated heterocycles. The average Bonchev–Trinajstić information content (AvgIpc) is 2.30. The van der Waals surface area contributed by atoms with Gasteiger partial charge in [0, 0.05) is 13.0 Å². The van der Waals surface area contributed by atoms with Crippen molar-refractivity contribution in [2.24, 2.45) is 0 Å². The van der Waals surface area contributed by atoms with Crippen molar-refractivity contribution in [2.75, 3.05) is 7.11 Å². The monoisotopic (exact) mass is 188 g/mol. The zero-order valence-corrected chi connectivity index (χ0v) is 8.52. The highest BCUT2D eigenvalue weighted by molar-refractivity contribution is 5.25. The van der Waals surface area contributed by atoms with Crippen molar-refractivity contribution in [3.05, 3.63) is 48.0 Å². The van der Waals surface area contributed by atoms with Gasteiger partial charge in [-0.25, -0.2) is 0 Å². The van der Waals surface area contributed by atoms with Crippen LogP contribution in [0.1, 0.15) is 24.3 Å². The molecule has 0 amide bonds. The Morgan fingerprint density at radius 3 is 2.43 bits per heavy atom. The summed E-state index contributed by atoms with van der Waals surface area (Å²) >= 11 is 0. The lowest BCUT2D eigenvalue weighted by atomic mass is 9.88. The third-order valence-electron chi connectivity index (χ3n) is 2.85. The second kappa shape index (κ2) is 4.43. The zero-order chi connectivity index (χ0) is 9.80. The molecule has 0 aliphatic heterocycles. The van der Waals surface area contributed by atoms with Gasteiger partial charge in [-0.3, -0.25) is 0 Å². The number of ether oxygens (including phenoxy) is 1. The highest BCUT2D eigenvalue weighted by Crippen LogP contribution is 2.28. The minimum absolute atomic E-state index is 0.329. The van der Waals surface area contributed by atoms with Crippen molar-refractivity contribution in [2.45, 2.75) is 24.9 Å². The van der Waals surface area contributed by atoms with E-state index in [1.807, 2.05) is 0 Å². The third kappa shape index (κ3) is 2.05. The molecule has 0 radical (unpaired) electrons. The van der Waals surface area contributed by atoms with Crippen LogP contribution in [0.4, 0.5) is 0 Å². The summed E-state index contributed by atoms with van der Waals surface area (Å²) in [5, 5.41) is 0. The number of rotatable bonds is 2. The molecule has 2 rings (SSSR count). The molecule has 0 aromatic heterocycles. The van der Waals surface area contributed by atoms with Crippen LogP contribution in [0.2, 0.25) is 0 Å². The van der Waals surface area contributed by atoms with Crippen LogP contribution in [0.5, 0.6) is 0 Å². The minimum Gasteiger partial charge on any atom is -0.377 e. The molecule has 0 N–H and O–H groups in total. The molecule has 2 atom stereocenters. The smallest absolute Gasteiger partial charge is 0.0752 e. The second-order valence-electron chi connectivity index (χ2n) is 3.75. The molecule has 1 aliphatic carbocycles. The van der Waals surface area contributed by atoms with E-state index in [0.717, 1.165) is 6.42 Å². The number of benzene rings is 1. The fraction of sp³-hybridized carbons (Fsp3) is 0.385.